The van der Waals surface area contributed by atoms with Gasteiger partial charge in [-0.1, -0.05) is 18.2 Å². The van der Waals surface area contributed by atoms with Crippen LogP contribution in [0.2, 0.25) is 0 Å². The average molecular weight is 179 g/mol. The molecule has 0 aliphatic rings. The lowest BCUT2D eigenvalue weighted by Crippen LogP contribution is -2.08. The highest BCUT2D eigenvalue weighted by Crippen LogP contribution is 2.16. The molecule has 0 fully saturated rings. The maximum atomic E-state index is 5.86. The molecule has 0 heterocycles. The van der Waals surface area contributed by atoms with Crippen LogP contribution in [0.25, 0.3) is 0 Å². The molecule has 0 saturated heterocycles. The summed E-state index contributed by atoms with van der Waals surface area (Å²) in [5.41, 5.74) is 6.99. The van der Waals surface area contributed by atoms with Crippen molar-refractivity contribution in [1.29, 1.82) is 0 Å². The minimum Gasteiger partial charge on any atom is -0.324 e. The summed E-state index contributed by atoms with van der Waals surface area (Å²) in [5, 5.41) is 0. The Bertz CT molecular complexity index is 253. The Balaban J connectivity index is 2.74. The van der Waals surface area contributed by atoms with Crippen molar-refractivity contribution in [2.45, 2.75) is 17.4 Å². The molecule has 0 aliphatic heterocycles. The summed E-state index contributed by atoms with van der Waals surface area (Å²) in [6.45, 7) is 3.65. The topological polar surface area (TPSA) is 26.0 Å². The number of hydrogen-bond acceptors (Lipinski definition) is 2. The predicted molar refractivity (Wildman–Crippen MR) is 55.4 cm³/mol. The van der Waals surface area contributed by atoms with Crippen LogP contribution in [-0.2, 0) is 0 Å². The number of benzene rings is 1. The molecule has 0 aromatic heterocycles. The van der Waals surface area contributed by atoms with Gasteiger partial charge in [-0.2, -0.15) is 0 Å². The van der Waals surface area contributed by atoms with E-state index in [2.05, 4.69) is 19.2 Å². The minimum atomic E-state index is 0.0661. The molecular weight excluding hydrogens is 166 g/mol. The Hall–Kier alpha value is -0.730. The fourth-order valence-corrected chi connectivity index (χ4v) is 1.19. The fraction of sp³-hybridized carbons (Fsp3) is 0.200. The lowest BCUT2D eigenvalue weighted by Gasteiger charge is -2.08. The molecule has 0 spiro atoms. The first kappa shape index (κ1) is 9.36. The maximum Gasteiger partial charge on any atom is 0.0329 e. The van der Waals surface area contributed by atoms with Gasteiger partial charge in [0.05, 0.1) is 0 Å². The third-order valence-corrected chi connectivity index (χ3v) is 2.04. The Morgan fingerprint density at radius 2 is 2.00 bits per heavy atom. The zero-order valence-electron chi connectivity index (χ0n) is 6.90. The summed E-state index contributed by atoms with van der Waals surface area (Å²) in [4.78, 5) is 0.963. The molecule has 12 heavy (non-hydrogen) atoms. The number of rotatable bonds is 3. The van der Waals surface area contributed by atoms with Crippen LogP contribution < -0.4 is 5.73 Å². The van der Waals surface area contributed by atoms with Gasteiger partial charge < -0.3 is 5.73 Å². The Labute approximate surface area is 78.7 Å². The zero-order valence-corrected chi connectivity index (χ0v) is 7.80. The second-order valence-corrected chi connectivity index (χ2v) is 3.24. The third-order valence-electron chi connectivity index (χ3n) is 1.74. The molecule has 2 heteroatoms. The lowest BCUT2D eigenvalue weighted by molar-refractivity contribution is 0.741. The van der Waals surface area contributed by atoms with Crippen molar-refractivity contribution >= 4 is 12.6 Å². The van der Waals surface area contributed by atoms with E-state index in [-0.39, 0.29) is 6.04 Å². The van der Waals surface area contributed by atoms with Crippen molar-refractivity contribution in [3.63, 3.8) is 0 Å². The summed E-state index contributed by atoms with van der Waals surface area (Å²) in [6.07, 6.45) is 2.64. The van der Waals surface area contributed by atoms with Gasteiger partial charge in [-0.15, -0.1) is 19.2 Å². The molecular formula is C10H13NS. The monoisotopic (exact) mass is 179 g/mol. The van der Waals surface area contributed by atoms with E-state index in [0.717, 1.165) is 16.9 Å². The van der Waals surface area contributed by atoms with E-state index in [9.17, 15) is 0 Å². The second-order valence-electron chi connectivity index (χ2n) is 2.72. The van der Waals surface area contributed by atoms with Gasteiger partial charge in [-0.3, -0.25) is 0 Å². The molecule has 1 atom stereocenters. The van der Waals surface area contributed by atoms with Gasteiger partial charge in [0, 0.05) is 10.9 Å². The SMILES string of the molecule is C=CC[C@@H](N)c1ccc(S)cc1. The number of hydrogen-bond donors (Lipinski definition) is 2. The molecule has 1 rings (SSSR count). The quantitative estimate of drug-likeness (QED) is 0.541. The Morgan fingerprint density at radius 3 is 2.50 bits per heavy atom. The molecule has 0 radical (unpaired) electrons. The van der Waals surface area contributed by atoms with Crippen molar-refractivity contribution in [2.75, 3.05) is 0 Å². The summed E-state index contributed by atoms with van der Waals surface area (Å²) in [7, 11) is 0. The molecule has 1 aromatic rings. The first-order valence-corrected chi connectivity index (χ1v) is 4.34. The van der Waals surface area contributed by atoms with Gasteiger partial charge in [0.15, 0.2) is 0 Å². The molecule has 0 amide bonds. The van der Waals surface area contributed by atoms with Crippen molar-refractivity contribution in [3.8, 4) is 0 Å². The highest BCUT2D eigenvalue weighted by molar-refractivity contribution is 7.80. The van der Waals surface area contributed by atoms with Gasteiger partial charge in [-0.25, -0.2) is 0 Å². The highest BCUT2D eigenvalue weighted by atomic mass is 32.1. The van der Waals surface area contributed by atoms with Crippen LogP contribution in [0.15, 0.2) is 41.8 Å². The van der Waals surface area contributed by atoms with E-state index in [1.165, 1.54) is 0 Å². The molecule has 64 valence electrons. The molecule has 0 aliphatic carbocycles. The van der Waals surface area contributed by atoms with Crippen molar-refractivity contribution < 1.29 is 0 Å². The first-order chi connectivity index (χ1) is 5.74. The van der Waals surface area contributed by atoms with Crippen LogP contribution in [0.5, 0.6) is 0 Å². The number of thiol groups is 1. The molecule has 0 bridgehead atoms. The van der Waals surface area contributed by atoms with Gasteiger partial charge in [0.2, 0.25) is 0 Å². The standard InChI is InChI=1S/C10H13NS/c1-2-3-10(11)8-4-6-9(12)7-5-8/h2,4-7,10,12H,1,3,11H2/t10-/m1/s1. The van der Waals surface area contributed by atoms with Gasteiger partial charge in [-0.05, 0) is 24.1 Å². The fourth-order valence-electron chi connectivity index (χ4n) is 1.04. The highest BCUT2D eigenvalue weighted by Gasteiger charge is 2.01. The van der Waals surface area contributed by atoms with Gasteiger partial charge in [0.1, 0.15) is 0 Å². The first-order valence-electron chi connectivity index (χ1n) is 3.89. The maximum absolute atomic E-state index is 5.86. The van der Waals surface area contributed by atoms with Crippen LogP contribution in [0.1, 0.15) is 18.0 Å². The largest absolute Gasteiger partial charge is 0.324 e. The minimum absolute atomic E-state index is 0.0661. The van der Waals surface area contributed by atoms with Gasteiger partial charge >= 0.3 is 0 Å². The van der Waals surface area contributed by atoms with Crippen LogP contribution in [0.3, 0.4) is 0 Å². The Kier molecular flexibility index (Phi) is 3.38. The molecule has 0 saturated carbocycles. The summed E-state index contributed by atoms with van der Waals surface area (Å²) >= 11 is 4.19. The average Bonchev–Trinajstić information content (AvgIpc) is 2.06. The van der Waals surface area contributed by atoms with Crippen LogP contribution >= 0.6 is 12.6 Å². The smallest absolute Gasteiger partial charge is 0.0329 e. The van der Waals surface area contributed by atoms with E-state index in [1.807, 2.05) is 30.3 Å². The summed E-state index contributed by atoms with van der Waals surface area (Å²) < 4.78 is 0. The van der Waals surface area contributed by atoms with Crippen molar-refractivity contribution in [1.82, 2.24) is 0 Å². The summed E-state index contributed by atoms with van der Waals surface area (Å²) in [5.74, 6) is 0. The molecule has 0 unspecified atom stereocenters. The predicted octanol–water partition coefficient (Wildman–Crippen LogP) is 2.55. The third kappa shape index (κ3) is 2.40. The molecule has 2 N–H and O–H groups in total. The van der Waals surface area contributed by atoms with Crippen LogP contribution in [0.4, 0.5) is 0 Å². The lowest BCUT2D eigenvalue weighted by atomic mass is 10.1. The molecule has 1 aromatic carbocycles. The van der Waals surface area contributed by atoms with Gasteiger partial charge in [0.25, 0.3) is 0 Å². The second kappa shape index (κ2) is 4.33. The zero-order chi connectivity index (χ0) is 8.97. The number of nitrogens with two attached hydrogens (primary N) is 1. The molecule has 1 nitrogen and oxygen atoms in total. The van der Waals surface area contributed by atoms with Crippen LogP contribution in [-0.4, -0.2) is 0 Å². The van der Waals surface area contributed by atoms with E-state index in [0.29, 0.717) is 0 Å². The van der Waals surface area contributed by atoms with Crippen molar-refractivity contribution in [3.05, 3.63) is 42.5 Å². The van der Waals surface area contributed by atoms with E-state index in [1.54, 1.807) is 0 Å². The van der Waals surface area contributed by atoms with E-state index >= 15 is 0 Å². The van der Waals surface area contributed by atoms with E-state index in [4.69, 9.17) is 5.73 Å². The van der Waals surface area contributed by atoms with Crippen molar-refractivity contribution in [2.24, 2.45) is 5.73 Å². The normalized spacial score (nSPS) is 12.5. The van der Waals surface area contributed by atoms with E-state index < -0.39 is 0 Å². The Morgan fingerprint density at radius 1 is 1.42 bits per heavy atom. The summed E-state index contributed by atoms with van der Waals surface area (Å²) in [6, 6.07) is 7.95. The van der Waals surface area contributed by atoms with Crippen LogP contribution in [0, 0.1) is 0 Å².